The maximum absolute atomic E-state index is 12.7. The number of unbranched alkanes of at least 4 members (excludes halogenated alkanes) is 1. The largest absolute Gasteiger partial charge is 0.496 e. The van der Waals surface area contributed by atoms with E-state index in [0.717, 1.165) is 31.1 Å². The molecule has 132 valence electrons. The average Bonchev–Trinajstić information content (AvgIpc) is 2.96. The minimum Gasteiger partial charge on any atom is -0.496 e. The summed E-state index contributed by atoms with van der Waals surface area (Å²) in [6.07, 6.45) is 2.22. The lowest BCUT2D eigenvalue weighted by Crippen LogP contribution is -2.28. The van der Waals surface area contributed by atoms with E-state index >= 15 is 0 Å². The number of carbonyl (C=O) groups is 1. The highest BCUT2D eigenvalue weighted by Crippen LogP contribution is 2.32. The Kier molecular flexibility index (Phi) is 6.99. The molecule has 1 unspecified atom stereocenters. The number of hydrogen-bond donors (Lipinski definition) is 0. The lowest BCUT2D eigenvalue weighted by molar-refractivity contribution is 0.0999. The maximum Gasteiger partial charge on any atom is 0.283 e. The topological polar surface area (TPSA) is 41.9 Å². The second-order valence-electron chi connectivity index (χ2n) is 6.24. The summed E-state index contributed by atoms with van der Waals surface area (Å²) in [4.78, 5) is 19.3. The molecule has 1 atom stereocenters. The van der Waals surface area contributed by atoms with Crippen LogP contribution in [0.25, 0.3) is 0 Å². The van der Waals surface area contributed by atoms with Crippen LogP contribution in [0.2, 0.25) is 5.02 Å². The highest BCUT2D eigenvalue weighted by Gasteiger charge is 2.31. The Labute approximate surface area is 153 Å². The summed E-state index contributed by atoms with van der Waals surface area (Å²) in [7, 11) is 1.54. The zero-order valence-corrected chi connectivity index (χ0v) is 16.3. The monoisotopic (exact) mass is 368 g/mol. The van der Waals surface area contributed by atoms with Gasteiger partial charge in [0.25, 0.3) is 5.91 Å². The van der Waals surface area contributed by atoms with Crippen LogP contribution in [0.1, 0.15) is 44.0 Å². The van der Waals surface area contributed by atoms with Crippen LogP contribution in [0.3, 0.4) is 0 Å². The van der Waals surface area contributed by atoms with E-state index in [0.29, 0.717) is 27.5 Å². The van der Waals surface area contributed by atoms with Gasteiger partial charge in [-0.05, 0) is 30.5 Å². The molecule has 1 heterocycles. The molecule has 2 rings (SSSR count). The molecule has 0 N–H and O–H groups in total. The van der Waals surface area contributed by atoms with Crippen LogP contribution in [0.5, 0.6) is 5.75 Å². The van der Waals surface area contributed by atoms with Crippen molar-refractivity contribution in [3.63, 3.8) is 0 Å². The smallest absolute Gasteiger partial charge is 0.283 e. The molecule has 0 bridgehead atoms. The van der Waals surface area contributed by atoms with Crippen LogP contribution in [0, 0.1) is 5.92 Å². The van der Waals surface area contributed by atoms with Gasteiger partial charge in [0.2, 0.25) is 0 Å². The van der Waals surface area contributed by atoms with Crippen LogP contribution in [-0.2, 0) is 0 Å². The Morgan fingerprint density at radius 3 is 2.88 bits per heavy atom. The van der Waals surface area contributed by atoms with Crippen molar-refractivity contribution in [2.24, 2.45) is 10.9 Å². The summed E-state index contributed by atoms with van der Waals surface area (Å²) in [5.74, 6) is 0.739. The van der Waals surface area contributed by atoms with Crippen LogP contribution in [-0.4, -0.2) is 41.4 Å². The molecule has 1 fully saturated rings. The van der Waals surface area contributed by atoms with E-state index in [2.05, 4.69) is 30.7 Å². The second-order valence-corrected chi connectivity index (χ2v) is 7.89. The molecule has 1 amide bonds. The lowest BCUT2D eigenvalue weighted by atomic mass is 10.1. The zero-order valence-electron chi connectivity index (χ0n) is 14.7. The summed E-state index contributed by atoms with van der Waals surface area (Å²) >= 11 is 7.72. The van der Waals surface area contributed by atoms with E-state index < -0.39 is 0 Å². The molecule has 1 aromatic rings. The molecule has 1 saturated heterocycles. The van der Waals surface area contributed by atoms with Gasteiger partial charge in [0.05, 0.1) is 12.7 Å². The third kappa shape index (κ3) is 4.67. The lowest BCUT2D eigenvalue weighted by Gasteiger charge is -2.18. The minimum atomic E-state index is -0.303. The number of amidine groups is 1. The molecule has 24 heavy (non-hydrogen) atoms. The molecule has 6 heteroatoms. The maximum atomic E-state index is 12.7. The summed E-state index contributed by atoms with van der Waals surface area (Å²) in [6.45, 7) is 8.47. The van der Waals surface area contributed by atoms with E-state index in [9.17, 15) is 4.79 Å². The number of carbonyl (C=O) groups excluding carboxylic acids is 1. The number of rotatable bonds is 6. The van der Waals surface area contributed by atoms with Crippen molar-refractivity contribution in [2.75, 3.05) is 20.2 Å². The number of benzene rings is 1. The van der Waals surface area contributed by atoms with E-state index in [4.69, 9.17) is 16.3 Å². The molecule has 0 aliphatic carbocycles. The molecule has 1 aliphatic heterocycles. The van der Waals surface area contributed by atoms with Gasteiger partial charge in [0.15, 0.2) is 5.17 Å². The number of methoxy groups -OCH3 is 1. The fraction of sp³-hybridized carbons (Fsp3) is 0.556. The molecule has 0 radical (unpaired) electrons. The van der Waals surface area contributed by atoms with Crippen molar-refractivity contribution in [1.29, 1.82) is 0 Å². The van der Waals surface area contributed by atoms with Crippen LogP contribution >= 0.6 is 23.4 Å². The van der Waals surface area contributed by atoms with Gasteiger partial charge in [-0.15, -0.1) is 0 Å². The first kappa shape index (κ1) is 19.1. The van der Waals surface area contributed by atoms with Crippen molar-refractivity contribution in [3.8, 4) is 5.75 Å². The molecule has 4 nitrogen and oxygen atoms in total. The SMILES string of the molecule is CCCCN1CC(C(C)C)S/C1=N\C(=O)c1cc(Cl)ccc1OC. The van der Waals surface area contributed by atoms with Gasteiger partial charge in [-0.3, -0.25) is 4.79 Å². The van der Waals surface area contributed by atoms with Gasteiger partial charge in [-0.25, -0.2) is 0 Å². The van der Waals surface area contributed by atoms with Crippen molar-refractivity contribution < 1.29 is 9.53 Å². The number of ether oxygens (including phenoxy) is 1. The zero-order chi connectivity index (χ0) is 17.7. The van der Waals surface area contributed by atoms with E-state index in [-0.39, 0.29) is 5.91 Å². The Morgan fingerprint density at radius 1 is 1.50 bits per heavy atom. The first-order chi connectivity index (χ1) is 11.5. The third-order valence-corrected chi connectivity index (χ3v) is 5.83. The van der Waals surface area contributed by atoms with Gasteiger partial charge in [-0.2, -0.15) is 4.99 Å². The first-order valence-electron chi connectivity index (χ1n) is 8.34. The van der Waals surface area contributed by atoms with Crippen molar-refractivity contribution in [3.05, 3.63) is 28.8 Å². The van der Waals surface area contributed by atoms with Gasteiger partial charge in [0.1, 0.15) is 5.75 Å². The number of thioether (sulfide) groups is 1. The third-order valence-electron chi connectivity index (χ3n) is 4.04. The molecule has 0 saturated carbocycles. The standard InChI is InChI=1S/C18H25ClN2O2S/c1-5-6-9-21-11-16(12(2)3)24-18(21)20-17(22)14-10-13(19)7-8-15(14)23-4/h7-8,10,12,16H,5-6,9,11H2,1-4H3/b20-18-. The number of aliphatic imine (C=N–C) groups is 1. The Hall–Kier alpha value is -1.20. The van der Waals surface area contributed by atoms with Gasteiger partial charge in [-0.1, -0.05) is 50.6 Å². The molecule has 0 spiro atoms. The Morgan fingerprint density at radius 2 is 2.25 bits per heavy atom. The average molecular weight is 369 g/mol. The molecular formula is C18H25ClN2O2S. The highest BCUT2D eigenvalue weighted by atomic mass is 35.5. The number of amides is 1. The normalized spacial score (nSPS) is 19.3. The number of halogens is 1. The quantitative estimate of drug-likeness (QED) is 0.728. The van der Waals surface area contributed by atoms with E-state index in [1.807, 2.05) is 0 Å². The van der Waals surface area contributed by atoms with Crippen molar-refractivity contribution in [2.45, 2.75) is 38.9 Å². The van der Waals surface area contributed by atoms with Crippen molar-refractivity contribution >= 4 is 34.4 Å². The molecule has 1 aromatic carbocycles. The second kappa shape index (κ2) is 8.77. The summed E-state index contributed by atoms with van der Waals surface area (Å²) in [5, 5.41) is 1.78. The van der Waals surface area contributed by atoms with Gasteiger partial charge < -0.3 is 9.64 Å². The fourth-order valence-electron chi connectivity index (χ4n) is 2.52. The predicted molar refractivity (Wildman–Crippen MR) is 102 cm³/mol. The Bertz CT molecular complexity index is 619. The molecular weight excluding hydrogens is 344 g/mol. The van der Waals surface area contributed by atoms with E-state index in [1.165, 1.54) is 0 Å². The number of hydrogen-bond acceptors (Lipinski definition) is 3. The van der Waals surface area contributed by atoms with Crippen LogP contribution < -0.4 is 4.74 Å². The molecule has 1 aliphatic rings. The van der Waals surface area contributed by atoms with Gasteiger partial charge in [0, 0.05) is 23.4 Å². The summed E-state index contributed by atoms with van der Waals surface area (Å²) in [6, 6.07) is 5.02. The fourth-order valence-corrected chi connectivity index (χ4v) is 3.94. The van der Waals surface area contributed by atoms with Crippen LogP contribution in [0.4, 0.5) is 0 Å². The number of nitrogens with zero attached hydrogens (tertiary/aromatic N) is 2. The molecule has 0 aromatic heterocycles. The Balaban J connectivity index is 2.26. The summed E-state index contributed by atoms with van der Waals surface area (Å²) in [5.41, 5.74) is 0.404. The first-order valence-corrected chi connectivity index (χ1v) is 9.60. The van der Waals surface area contributed by atoms with Crippen molar-refractivity contribution in [1.82, 2.24) is 4.90 Å². The van der Waals surface area contributed by atoms with Crippen LogP contribution in [0.15, 0.2) is 23.2 Å². The summed E-state index contributed by atoms with van der Waals surface area (Å²) < 4.78 is 5.27. The predicted octanol–water partition coefficient (Wildman–Crippen LogP) is 4.72. The highest BCUT2D eigenvalue weighted by molar-refractivity contribution is 8.14. The minimum absolute atomic E-state index is 0.303. The van der Waals surface area contributed by atoms with Gasteiger partial charge >= 0.3 is 0 Å². The van der Waals surface area contributed by atoms with E-state index in [1.54, 1.807) is 37.1 Å².